The number of unbranched alkanes of at least 4 members (excludes halogenated alkanes) is 2. The highest BCUT2D eigenvalue weighted by Crippen LogP contribution is 2.27. The van der Waals surface area contributed by atoms with Gasteiger partial charge in [-0.1, -0.05) is 19.8 Å². The van der Waals surface area contributed by atoms with Crippen LogP contribution in [0, 0.1) is 0 Å². The highest BCUT2D eigenvalue weighted by Gasteiger charge is 2.17. The van der Waals surface area contributed by atoms with Gasteiger partial charge in [0, 0.05) is 44.0 Å². The van der Waals surface area contributed by atoms with Crippen molar-refractivity contribution in [1.29, 1.82) is 0 Å². The summed E-state index contributed by atoms with van der Waals surface area (Å²) in [6, 6.07) is 6.78. The molecule has 0 unspecified atom stereocenters. The zero-order valence-electron chi connectivity index (χ0n) is 18.2. The van der Waals surface area contributed by atoms with Crippen molar-refractivity contribution in [3.63, 3.8) is 0 Å². The van der Waals surface area contributed by atoms with Crippen LogP contribution in [-0.2, 0) is 16.0 Å². The van der Waals surface area contributed by atoms with Crippen molar-refractivity contribution in [3.05, 3.63) is 46.8 Å². The maximum atomic E-state index is 9.55. The Bertz CT molecular complexity index is 844. The van der Waals surface area contributed by atoms with Crippen LogP contribution in [0.2, 0.25) is 0 Å². The second kappa shape index (κ2) is 12.9. The second-order valence-corrected chi connectivity index (χ2v) is 8.25. The SMILES string of the molecule is CCCCCc1cc(-c2ccsc2)cc(N2CCN(C)CC2)n1.O=C(O)/C=C/C(=O)O. The Labute approximate surface area is 187 Å². The van der Waals surface area contributed by atoms with E-state index in [0.717, 1.165) is 38.4 Å². The number of carboxylic acids is 2. The molecule has 168 valence electrons. The standard InChI is InChI=1S/C19H27N3S.C4H4O4/c1-3-4-5-6-18-13-17(16-7-12-23-15-16)14-19(20-18)22-10-8-21(2)9-11-22;5-3(6)1-2-4(7)8/h7,12-15H,3-6,8-11H2,1-2H3;1-2H,(H,5,6)(H,7,8)/b;2-1+. The molecule has 31 heavy (non-hydrogen) atoms. The van der Waals surface area contributed by atoms with Gasteiger partial charge in [0.25, 0.3) is 0 Å². The fourth-order valence-corrected chi connectivity index (χ4v) is 3.86. The molecule has 2 aromatic rings. The van der Waals surface area contributed by atoms with Crippen molar-refractivity contribution in [2.45, 2.75) is 32.6 Å². The lowest BCUT2D eigenvalue weighted by Crippen LogP contribution is -2.44. The first-order chi connectivity index (χ1) is 14.9. The summed E-state index contributed by atoms with van der Waals surface area (Å²) in [6.45, 7) is 6.64. The lowest BCUT2D eigenvalue weighted by molar-refractivity contribution is -0.134. The molecule has 0 atom stereocenters. The number of hydrogen-bond acceptors (Lipinski definition) is 6. The lowest BCUT2D eigenvalue weighted by atomic mass is 10.1. The van der Waals surface area contributed by atoms with E-state index in [9.17, 15) is 9.59 Å². The van der Waals surface area contributed by atoms with Crippen molar-refractivity contribution in [3.8, 4) is 11.1 Å². The number of rotatable bonds is 8. The highest BCUT2D eigenvalue weighted by atomic mass is 32.1. The summed E-state index contributed by atoms with van der Waals surface area (Å²) in [5.41, 5.74) is 3.89. The molecule has 3 rings (SSSR count). The molecular weight excluding hydrogens is 414 g/mol. The average Bonchev–Trinajstić information content (AvgIpc) is 3.28. The van der Waals surface area contributed by atoms with Gasteiger partial charge in [-0.05, 0) is 60.0 Å². The number of piperazine rings is 1. The van der Waals surface area contributed by atoms with Gasteiger partial charge in [-0.2, -0.15) is 11.3 Å². The number of carboxylic acid groups (broad SMARTS) is 2. The molecular formula is C23H31N3O4S. The minimum Gasteiger partial charge on any atom is -0.478 e. The normalized spacial score (nSPS) is 14.3. The number of likely N-dealkylation sites (N-methyl/N-ethyl adjacent to an activating group) is 1. The number of anilines is 1. The van der Waals surface area contributed by atoms with Crippen LogP contribution < -0.4 is 4.90 Å². The summed E-state index contributed by atoms with van der Waals surface area (Å²) in [6.07, 6.45) is 5.99. The van der Waals surface area contributed by atoms with E-state index in [4.69, 9.17) is 15.2 Å². The number of nitrogens with zero attached hydrogens (tertiary/aromatic N) is 3. The lowest BCUT2D eigenvalue weighted by Gasteiger charge is -2.33. The van der Waals surface area contributed by atoms with Gasteiger partial charge in [0.1, 0.15) is 5.82 Å². The maximum Gasteiger partial charge on any atom is 0.328 e. The molecule has 1 aliphatic heterocycles. The molecule has 0 bridgehead atoms. The van der Waals surface area contributed by atoms with Crippen molar-refractivity contribution < 1.29 is 19.8 Å². The number of thiophene rings is 1. The van der Waals surface area contributed by atoms with Gasteiger partial charge in [0.15, 0.2) is 0 Å². The molecule has 2 aromatic heterocycles. The molecule has 0 spiro atoms. The molecule has 3 heterocycles. The first kappa shape index (κ1) is 24.6. The van der Waals surface area contributed by atoms with Gasteiger partial charge >= 0.3 is 11.9 Å². The van der Waals surface area contributed by atoms with Crippen LogP contribution in [0.3, 0.4) is 0 Å². The molecule has 0 aliphatic carbocycles. The van der Waals surface area contributed by atoms with Crippen LogP contribution in [0.25, 0.3) is 11.1 Å². The number of pyridine rings is 1. The van der Waals surface area contributed by atoms with Crippen LogP contribution in [0.5, 0.6) is 0 Å². The molecule has 1 aliphatic rings. The van der Waals surface area contributed by atoms with Crippen LogP contribution in [0.1, 0.15) is 31.9 Å². The molecule has 0 saturated carbocycles. The Morgan fingerprint density at radius 2 is 1.74 bits per heavy atom. The third-order valence-electron chi connectivity index (χ3n) is 4.95. The van der Waals surface area contributed by atoms with E-state index in [0.29, 0.717) is 12.2 Å². The van der Waals surface area contributed by atoms with E-state index in [2.05, 4.69) is 52.7 Å². The van der Waals surface area contributed by atoms with Crippen molar-refractivity contribution >= 4 is 29.1 Å². The van der Waals surface area contributed by atoms with Gasteiger partial charge in [-0.15, -0.1) is 0 Å². The first-order valence-corrected chi connectivity index (χ1v) is 11.4. The van der Waals surface area contributed by atoms with Crippen molar-refractivity contribution in [2.75, 3.05) is 38.1 Å². The molecule has 0 aromatic carbocycles. The summed E-state index contributed by atoms with van der Waals surface area (Å²) >= 11 is 1.76. The zero-order chi connectivity index (χ0) is 22.6. The number of hydrogen-bond donors (Lipinski definition) is 2. The predicted octanol–water partition coefficient (Wildman–Crippen LogP) is 4.01. The molecule has 8 heteroatoms. The summed E-state index contributed by atoms with van der Waals surface area (Å²) in [5.74, 6) is -1.35. The Morgan fingerprint density at radius 3 is 2.29 bits per heavy atom. The molecule has 1 saturated heterocycles. The number of aromatic nitrogens is 1. The summed E-state index contributed by atoms with van der Waals surface area (Å²) in [4.78, 5) is 28.9. The number of aliphatic carboxylic acids is 2. The van der Waals surface area contributed by atoms with E-state index in [1.54, 1.807) is 11.3 Å². The highest BCUT2D eigenvalue weighted by molar-refractivity contribution is 7.08. The van der Waals surface area contributed by atoms with E-state index in [1.165, 1.54) is 36.1 Å². The monoisotopic (exact) mass is 445 g/mol. The first-order valence-electron chi connectivity index (χ1n) is 10.5. The van der Waals surface area contributed by atoms with Gasteiger partial charge in [0.2, 0.25) is 0 Å². The third kappa shape index (κ3) is 8.90. The van der Waals surface area contributed by atoms with Crippen LogP contribution >= 0.6 is 11.3 Å². The molecule has 1 fully saturated rings. The number of carbonyl (C=O) groups is 2. The van der Waals surface area contributed by atoms with Crippen LogP contribution in [0.4, 0.5) is 5.82 Å². The van der Waals surface area contributed by atoms with E-state index in [-0.39, 0.29) is 0 Å². The molecule has 0 amide bonds. The van der Waals surface area contributed by atoms with Gasteiger partial charge < -0.3 is 20.0 Å². The average molecular weight is 446 g/mol. The zero-order valence-corrected chi connectivity index (χ0v) is 19.0. The quantitative estimate of drug-likeness (QED) is 0.468. The van der Waals surface area contributed by atoms with E-state index < -0.39 is 11.9 Å². The Morgan fingerprint density at radius 1 is 1.06 bits per heavy atom. The van der Waals surface area contributed by atoms with Gasteiger partial charge in [0.05, 0.1) is 0 Å². The third-order valence-corrected chi connectivity index (χ3v) is 5.63. The smallest absolute Gasteiger partial charge is 0.328 e. The minimum absolute atomic E-state index is 0.558. The van der Waals surface area contributed by atoms with Crippen molar-refractivity contribution in [2.24, 2.45) is 0 Å². The van der Waals surface area contributed by atoms with Gasteiger partial charge in [-0.3, -0.25) is 0 Å². The topological polar surface area (TPSA) is 94.0 Å². The van der Waals surface area contributed by atoms with E-state index in [1.807, 2.05) is 0 Å². The Kier molecular flexibility index (Phi) is 10.2. The largest absolute Gasteiger partial charge is 0.478 e. The van der Waals surface area contributed by atoms with Crippen LogP contribution in [-0.4, -0.2) is 65.3 Å². The molecule has 7 nitrogen and oxygen atoms in total. The van der Waals surface area contributed by atoms with Gasteiger partial charge in [-0.25, -0.2) is 14.6 Å². The molecule has 2 N–H and O–H groups in total. The Hall–Kier alpha value is -2.71. The van der Waals surface area contributed by atoms with Crippen molar-refractivity contribution in [1.82, 2.24) is 9.88 Å². The fraction of sp³-hybridized carbons (Fsp3) is 0.435. The number of aryl methyl sites for hydroxylation is 1. The maximum absolute atomic E-state index is 9.55. The second-order valence-electron chi connectivity index (χ2n) is 7.47. The summed E-state index contributed by atoms with van der Waals surface area (Å²) in [5, 5.41) is 20.0. The molecule has 0 radical (unpaired) electrons. The summed E-state index contributed by atoms with van der Waals surface area (Å²) < 4.78 is 0. The fourth-order valence-electron chi connectivity index (χ4n) is 3.19. The van der Waals surface area contributed by atoms with Crippen LogP contribution in [0.15, 0.2) is 41.1 Å². The van der Waals surface area contributed by atoms with E-state index >= 15 is 0 Å². The predicted molar refractivity (Wildman–Crippen MR) is 125 cm³/mol. The minimum atomic E-state index is -1.26. The summed E-state index contributed by atoms with van der Waals surface area (Å²) in [7, 11) is 2.20. The Balaban J connectivity index is 0.000000366.